The number of rotatable bonds is 8. The van der Waals surface area contributed by atoms with Crippen molar-refractivity contribution in [3.8, 4) is 11.3 Å². The van der Waals surface area contributed by atoms with E-state index in [0.717, 1.165) is 17.7 Å². The summed E-state index contributed by atoms with van der Waals surface area (Å²) >= 11 is 0. The Hall–Kier alpha value is -1.60. The van der Waals surface area contributed by atoms with Gasteiger partial charge in [0.05, 0.1) is 30.3 Å². The second kappa shape index (κ2) is 6.71. The zero-order valence-corrected chi connectivity index (χ0v) is 12.3. The first kappa shape index (κ1) is 14.8. The number of hydrogen-bond acceptors (Lipinski definition) is 4. The van der Waals surface area contributed by atoms with Gasteiger partial charge in [0.25, 0.3) is 0 Å². The molecule has 6 nitrogen and oxygen atoms in total. The summed E-state index contributed by atoms with van der Waals surface area (Å²) in [7, 11) is -3.16. The number of aromatic nitrogens is 2. The first-order chi connectivity index (χ1) is 9.61. The van der Waals surface area contributed by atoms with E-state index in [0.29, 0.717) is 19.5 Å². The molecule has 1 N–H and O–H groups in total. The van der Waals surface area contributed by atoms with Gasteiger partial charge in [-0.25, -0.2) is 13.1 Å². The van der Waals surface area contributed by atoms with Crippen molar-refractivity contribution < 1.29 is 12.8 Å². The van der Waals surface area contributed by atoms with E-state index in [2.05, 4.69) is 9.82 Å². The maximum absolute atomic E-state index is 11.6. The van der Waals surface area contributed by atoms with Gasteiger partial charge in [-0.1, -0.05) is 13.3 Å². The van der Waals surface area contributed by atoms with Crippen LogP contribution in [0.3, 0.4) is 0 Å². The Labute approximate surface area is 118 Å². The lowest BCUT2D eigenvalue weighted by Gasteiger charge is -2.05. The third-order valence-electron chi connectivity index (χ3n) is 2.87. The minimum atomic E-state index is -3.16. The Morgan fingerprint density at radius 1 is 1.45 bits per heavy atom. The number of nitrogens with one attached hydrogen (secondary N) is 1. The third kappa shape index (κ3) is 4.21. The van der Waals surface area contributed by atoms with Crippen LogP contribution in [-0.4, -0.2) is 30.5 Å². The molecule has 0 amide bonds. The second-order valence-corrected chi connectivity index (χ2v) is 6.46. The second-order valence-electron chi connectivity index (χ2n) is 4.54. The van der Waals surface area contributed by atoms with Gasteiger partial charge < -0.3 is 4.42 Å². The fraction of sp³-hybridized carbons (Fsp3) is 0.462. The molecule has 0 spiro atoms. The molecule has 2 aromatic rings. The molecule has 0 saturated carbocycles. The first-order valence-corrected chi connectivity index (χ1v) is 8.29. The summed E-state index contributed by atoms with van der Waals surface area (Å²) in [6, 6.07) is 3.67. The highest BCUT2D eigenvalue weighted by Crippen LogP contribution is 2.18. The molecule has 0 aromatic carbocycles. The Balaban J connectivity index is 1.83. The standard InChI is InChI=1S/C13H19N3O3S/c1-2-3-9-20(17,18)15-6-7-16-11-12(10-14-16)13-5-4-8-19-13/h4-5,8,10-11,15H,2-3,6-7,9H2,1H3. The molecule has 20 heavy (non-hydrogen) atoms. The van der Waals surface area contributed by atoms with Gasteiger partial charge in [-0.3, -0.25) is 4.68 Å². The minimum Gasteiger partial charge on any atom is -0.464 e. The lowest BCUT2D eigenvalue weighted by molar-refractivity contribution is 0.558. The van der Waals surface area contributed by atoms with Crippen molar-refractivity contribution in [3.63, 3.8) is 0 Å². The molecule has 0 unspecified atom stereocenters. The average molecular weight is 297 g/mol. The van der Waals surface area contributed by atoms with Gasteiger partial charge in [-0.15, -0.1) is 0 Å². The zero-order valence-electron chi connectivity index (χ0n) is 11.4. The summed E-state index contributed by atoms with van der Waals surface area (Å²) in [5.41, 5.74) is 0.879. The minimum absolute atomic E-state index is 0.181. The predicted octanol–water partition coefficient (Wildman–Crippen LogP) is 1.86. The van der Waals surface area contributed by atoms with Gasteiger partial charge >= 0.3 is 0 Å². The summed E-state index contributed by atoms with van der Waals surface area (Å²) in [6.07, 6.45) is 6.68. The summed E-state index contributed by atoms with van der Waals surface area (Å²) in [6.45, 7) is 2.80. The first-order valence-electron chi connectivity index (χ1n) is 6.64. The van der Waals surface area contributed by atoms with Crippen LogP contribution in [0.15, 0.2) is 35.2 Å². The molecular formula is C13H19N3O3S. The van der Waals surface area contributed by atoms with Crippen molar-refractivity contribution in [1.29, 1.82) is 0 Å². The summed E-state index contributed by atoms with van der Waals surface area (Å²) in [5.74, 6) is 0.931. The Morgan fingerprint density at radius 2 is 2.30 bits per heavy atom. The molecular weight excluding hydrogens is 278 g/mol. The molecule has 0 atom stereocenters. The van der Waals surface area contributed by atoms with E-state index in [1.54, 1.807) is 17.1 Å². The number of unbranched alkanes of at least 4 members (excludes halogenated alkanes) is 1. The molecule has 2 rings (SSSR count). The number of nitrogens with zero attached hydrogens (tertiary/aromatic N) is 2. The molecule has 0 aliphatic rings. The van der Waals surface area contributed by atoms with Crippen LogP contribution in [-0.2, 0) is 16.6 Å². The fourth-order valence-corrected chi connectivity index (χ4v) is 2.99. The topological polar surface area (TPSA) is 77.1 Å². The van der Waals surface area contributed by atoms with Crippen LogP contribution in [0.4, 0.5) is 0 Å². The van der Waals surface area contributed by atoms with Gasteiger partial charge in [0, 0.05) is 12.7 Å². The molecule has 2 aromatic heterocycles. The van der Waals surface area contributed by atoms with Crippen molar-refractivity contribution in [1.82, 2.24) is 14.5 Å². The Morgan fingerprint density at radius 3 is 3.00 bits per heavy atom. The molecule has 0 aliphatic carbocycles. The normalized spacial score (nSPS) is 11.8. The quantitative estimate of drug-likeness (QED) is 0.807. The predicted molar refractivity (Wildman–Crippen MR) is 76.6 cm³/mol. The highest BCUT2D eigenvalue weighted by molar-refractivity contribution is 7.89. The number of furan rings is 1. The van der Waals surface area contributed by atoms with E-state index in [9.17, 15) is 8.42 Å². The molecule has 0 bridgehead atoms. The summed E-state index contributed by atoms with van der Waals surface area (Å²) < 4.78 is 32.8. The van der Waals surface area contributed by atoms with E-state index >= 15 is 0 Å². The smallest absolute Gasteiger partial charge is 0.211 e. The van der Waals surface area contributed by atoms with E-state index in [-0.39, 0.29) is 5.75 Å². The van der Waals surface area contributed by atoms with Gasteiger partial charge in [0.2, 0.25) is 10.0 Å². The molecule has 0 aliphatic heterocycles. The molecule has 0 saturated heterocycles. The van der Waals surface area contributed by atoms with Crippen LogP contribution in [0, 0.1) is 0 Å². The number of hydrogen-bond donors (Lipinski definition) is 1. The maximum Gasteiger partial charge on any atom is 0.211 e. The summed E-state index contributed by atoms with van der Waals surface area (Å²) in [4.78, 5) is 0. The molecule has 2 heterocycles. The highest BCUT2D eigenvalue weighted by atomic mass is 32.2. The molecule has 0 radical (unpaired) electrons. The van der Waals surface area contributed by atoms with Crippen LogP contribution in [0.5, 0.6) is 0 Å². The average Bonchev–Trinajstić information content (AvgIpc) is 3.06. The SMILES string of the molecule is CCCCS(=O)(=O)NCCn1cc(-c2ccco2)cn1. The monoisotopic (exact) mass is 297 g/mol. The fourth-order valence-electron chi connectivity index (χ4n) is 1.78. The van der Waals surface area contributed by atoms with Crippen molar-refractivity contribution in [2.24, 2.45) is 0 Å². The van der Waals surface area contributed by atoms with E-state index in [1.165, 1.54) is 0 Å². The van der Waals surface area contributed by atoms with Crippen molar-refractivity contribution in [3.05, 3.63) is 30.8 Å². The highest BCUT2D eigenvalue weighted by Gasteiger charge is 2.09. The van der Waals surface area contributed by atoms with Crippen molar-refractivity contribution in [2.45, 2.75) is 26.3 Å². The van der Waals surface area contributed by atoms with E-state index in [1.807, 2.05) is 25.3 Å². The van der Waals surface area contributed by atoms with Gasteiger partial charge in [-0.2, -0.15) is 5.10 Å². The van der Waals surface area contributed by atoms with Crippen LogP contribution in [0.1, 0.15) is 19.8 Å². The molecule has 0 fully saturated rings. The van der Waals surface area contributed by atoms with Crippen LogP contribution in [0.2, 0.25) is 0 Å². The largest absolute Gasteiger partial charge is 0.464 e. The van der Waals surface area contributed by atoms with Crippen LogP contribution >= 0.6 is 0 Å². The zero-order chi connectivity index (χ0) is 14.4. The molecule has 110 valence electrons. The maximum atomic E-state index is 11.6. The van der Waals surface area contributed by atoms with E-state index < -0.39 is 10.0 Å². The van der Waals surface area contributed by atoms with Crippen molar-refractivity contribution >= 4 is 10.0 Å². The summed E-state index contributed by atoms with van der Waals surface area (Å²) in [5, 5.41) is 4.18. The number of sulfonamides is 1. The molecule has 7 heteroatoms. The Kier molecular flexibility index (Phi) is 4.97. The van der Waals surface area contributed by atoms with Gasteiger partial charge in [0.1, 0.15) is 5.76 Å². The lowest BCUT2D eigenvalue weighted by Crippen LogP contribution is -2.29. The van der Waals surface area contributed by atoms with Crippen LogP contribution < -0.4 is 4.72 Å². The van der Waals surface area contributed by atoms with Crippen LogP contribution in [0.25, 0.3) is 11.3 Å². The van der Waals surface area contributed by atoms with Crippen molar-refractivity contribution in [2.75, 3.05) is 12.3 Å². The Bertz CT molecular complexity index is 617. The van der Waals surface area contributed by atoms with E-state index in [4.69, 9.17) is 4.42 Å². The van der Waals surface area contributed by atoms with Gasteiger partial charge in [0.15, 0.2) is 0 Å². The third-order valence-corrected chi connectivity index (χ3v) is 4.34. The lowest BCUT2D eigenvalue weighted by atomic mass is 10.3. The van der Waals surface area contributed by atoms with Gasteiger partial charge in [-0.05, 0) is 18.6 Å².